The van der Waals surface area contributed by atoms with Crippen molar-refractivity contribution >= 4 is 77.0 Å². The van der Waals surface area contributed by atoms with Crippen LogP contribution in [0.1, 0.15) is 112 Å². The minimum atomic E-state index is -1.85. The van der Waals surface area contributed by atoms with Crippen molar-refractivity contribution in [1.29, 1.82) is 5.41 Å². The zero-order chi connectivity index (χ0) is 54.0. The normalized spacial score (nSPS) is 14.5. The summed E-state index contributed by atoms with van der Waals surface area (Å²) >= 11 is 0. The Morgan fingerprint density at radius 3 is 1.21 bits per heavy atom. The fourth-order valence-corrected chi connectivity index (χ4v) is 6.61. The molecule has 0 aliphatic rings. The molecule has 0 saturated carbocycles. The van der Waals surface area contributed by atoms with Crippen LogP contribution < -0.4 is 65.5 Å². The van der Waals surface area contributed by atoms with Gasteiger partial charge in [-0.15, -0.1) is 0 Å². The van der Waals surface area contributed by atoms with Crippen molar-refractivity contribution < 1.29 is 72.9 Å². The van der Waals surface area contributed by atoms with Crippen LogP contribution in [-0.2, 0) is 57.5 Å². The first-order chi connectivity index (χ1) is 32.4. The van der Waals surface area contributed by atoms with E-state index < -0.39 is 164 Å². The van der Waals surface area contributed by atoms with E-state index >= 15 is 0 Å². The molecular weight excluding hydrogens is 927 g/mol. The number of hydrogen-bond acceptors (Lipinski definition) is 14. The molecule has 0 aromatic rings. The van der Waals surface area contributed by atoms with Crippen molar-refractivity contribution in [2.24, 2.45) is 40.7 Å². The molecule has 0 aliphatic carbocycles. The molecule has 28 nitrogen and oxygen atoms in total. The first kappa shape index (κ1) is 62.9. The second-order valence-corrected chi connectivity index (χ2v) is 17.9. The molecule has 0 unspecified atom stereocenters. The SMILES string of the molecule is CC(C)C[C@H](NC(=O)[C@H](CCC(N)=O)NC(=O)[C@H](CC(N)=O)NC(=O)[C@H](CC(C)C)NC(=O)[C@H](CCCNC(=N)N)NC(=O)[C@H](CC(=O)O)NC(=O)[C@@H](N)CC(C)C)C(=O)N[C@@H](CCC(=O)O)C(=O)O. The smallest absolute Gasteiger partial charge is 0.326 e. The minimum absolute atomic E-state index is 0.0258. The van der Waals surface area contributed by atoms with Crippen LogP contribution in [0.3, 0.4) is 0 Å². The van der Waals surface area contributed by atoms with Gasteiger partial charge in [-0.2, -0.15) is 0 Å². The number of primary amides is 2. The molecule has 0 bridgehead atoms. The van der Waals surface area contributed by atoms with Crippen LogP contribution >= 0.6 is 0 Å². The summed E-state index contributed by atoms with van der Waals surface area (Å²) in [7, 11) is 0. The maximum atomic E-state index is 14.0. The first-order valence-corrected chi connectivity index (χ1v) is 22.6. The second kappa shape index (κ2) is 31.8. The third kappa shape index (κ3) is 27.0. The van der Waals surface area contributed by atoms with Gasteiger partial charge >= 0.3 is 17.9 Å². The molecule has 0 radical (unpaired) electrons. The number of carboxylic acids is 3. The van der Waals surface area contributed by atoms with E-state index in [2.05, 4.69) is 42.5 Å². The Morgan fingerprint density at radius 2 is 0.814 bits per heavy atom. The molecular formula is C42H73N13O15. The lowest BCUT2D eigenvalue weighted by Gasteiger charge is -2.28. The average molecular weight is 1000 g/mol. The van der Waals surface area contributed by atoms with Crippen molar-refractivity contribution in [3.8, 4) is 0 Å². The molecule has 0 saturated heterocycles. The highest BCUT2D eigenvalue weighted by atomic mass is 16.4. The Hall–Kier alpha value is -7.13. The predicted molar refractivity (Wildman–Crippen MR) is 248 cm³/mol. The van der Waals surface area contributed by atoms with Gasteiger partial charge in [0, 0.05) is 19.4 Å². The van der Waals surface area contributed by atoms with Crippen LogP contribution in [0.25, 0.3) is 0 Å². The Labute approximate surface area is 404 Å². The number of nitrogens with two attached hydrogens (primary N) is 4. The number of amides is 9. The second-order valence-electron chi connectivity index (χ2n) is 17.9. The van der Waals surface area contributed by atoms with Crippen molar-refractivity contribution in [3.05, 3.63) is 0 Å². The van der Waals surface area contributed by atoms with Gasteiger partial charge in [0.15, 0.2) is 5.96 Å². The van der Waals surface area contributed by atoms with Crippen molar-refractivity contribution in [2.45, 2.75) is 161 Å². The number of rotatable bonds is 35. The molecule has 0 aromatic carbocycles. The number of aliphatic carboxylic acids is 3. The summed E-state index contributed by atoms with van der Waals surface area (Å²) < 4.78 is 0. The van der Waals surface area contributed by atoms with E-state index in [1.165, 1.54) is 0 Å². The number of nitrogens with one attached hydrogen (secondary N) is 9. The monoisotopic (exact) mass is 1000 g/mol. The fraction of sp³-hybridized carbons (Fsp3) is 0.690. The first-order valence-electron chi connectivity index (χ1n) is 22.6. The largest absolute Gasteiger partial charge is 0.481 e. The third-order valence-corrected chi connectivity index (χ3v) is 9.98. The van der Waals surface area contributed by atoms with Gasteiger partial charge < -0.3 is 80.8 Å². The molecule has 396 valence electrons. The van der Waals surface area contributed by atoms with Gasteiger partial charge in [0.25, 0.3) is 0 Å². The van der Waals surface area contributed by atoms with Gasteiger partial charge in [-0.05, 0) is 62.7 Å². The molecule has 0 fully saturated rings. The van der Waals surface area contributed by atoms with Crippen LogP contribution in [0, 0.1) is 23.2 Å². The molecule has 8 atom stereocenters. The van der Waals surface area contributed by atoms with Gasteiger partial charge in [-0.25, -0.2) is 4.79 Å². The standard InChI is InChI=1S/C42H73N13O15/c1-19(2)14-22(43)34(62)52-29(18-33(60)61)40(68)49-23(8-7-13-48-42(46)47)35(63)53-27(16-21(5)6)38(66)55-28(17-31(45)57)39(67)50-24(9-11-30(44)56)36(64)54-26(15-20(3)4)37(65)51-25(41(69)70)10-12-32(58)59/h19-29H,7-18,43H2,1-6H3,(H2,44,56)(H2,45,57)(H,49,68)(H,50,67)(H,51,65)(H,52,62)(H,53,63)(H,54,64)(H,55,66)(H,58,59)(H,60,61)(H,69,70)(H4,46,47,48)/t22-,23-,24-,25-,26-,27-,28-,29-/m0/s1. The Morgan fingerprint density at radius 1 is 0.443 bits per heavy atom. The highest BCUT2D eigenvalue weighted by molar-refractivity contribution is 5.99. The highest BCUT2D eigenvalue weighted by Gasteiger charge is 2.36. The lowest BCUT2D eigenvalue weighted by Crippen LogP contribution is -2.60. The molecule has 0 rings (SSSR count). The average Bonchev–Trinajstić information content (AvgIpc) is 3.22. The summed E-state index contributed by atoms with van der Waals surface area (Å²) in [6.45, 7) is 10.3. The summed E-state index contributed by atoms with van der Waals surface area (Å²) in [4.78, 5) is 154. The van der Waals surface area contributed by atoms with Gasteiger partial charge in [0.05, 0.1) is 18.9 Å². The highest BCUT2D eigenvalue weighted by Crippen LogP contribution is 2.12. The number of guanidine groups is 1. The molecule has 28 heteroatoms. The van der Waals surface area contributed by atoms with Crippen molar-refractivity contribution in [2.75, 3.05) is 6.54 Å². The van der Waals surface area contributed by atoms with E-state index in [4.69, 9.17) is 33.5 Å². The number of carboxylic acid groups (broad SMARTS) is 3. The van der Waals surface area contributed by atoms with Crippen LogP contribution in [0.4, 0.5) is 0 Å². The number of carbonyl (C=O) groups is 12. The van der Waals surface area contributed by atoms with Gasteiger partial charge in [-0.1, -0.05) is 41.5 Å². The molecule has 0 aromatic heterocycles. The van der Waals surface area contributed by atoms with Crippen LogP contribution in [0.5, 0.6) is 0 Å². The van der Waals surface area contributed by atoms with Crippen LogP contribution in [0.2, 0.25) is 0 Å². The lowest BCUT2D eigenvalue weighted by atomic mass is 10.0. The summed E-state index contributed by atoms with van der Waals surface area (Å²) in [6.07, 6.45) is -4.03. The van der Waals surface area contributed by atoms with Crippen LogP contribution in [0.15, 0.2) is 0 Å². The fourth-order valence-electron chi connectivity index (χ4n) is 6.61. The minimum Gasteiger partial charge on any atom is -0.481 e. The van der Waals surface area contributed by atoms with E-state index in [1.54, 1.807) is 41.5 Å². The number of carbonyl (C=O) groups excluding carboxylic acids is 9. The number of hydrogen-bond donors (Lipinski definition) is 16. The van der Waals surface area contributed by atoms with Gasteiger partial charge in [-0.3, -0.25) is 58.1 Å². The maximum absolute atomic E-state index is 14.0. The van der Waals surface area contributed by atoms with Gasteiger partial charge in [0.2, 0.25) is 53.2 Å². The molecule has 70 heavy (non-hydrogen) atoms. The van der Waals surface area contributed by atoms with E-state index in [0.717, 1.165) is 0 Å². The Kier molecular flexibility index (Phi) is 28.6. The van der Waals surface area contributed by atoms with E-state index in [0.29, 0.717) is 0 Å². The maximum Gasteiger partial charge on any atom is 0.326 e. The summed E-state index contributed by atoms with van der Waals surface area (Å²) in [5, 5.41) is 54.5. The quantitative estimate of drug-likeness (QED) is 0.0162. The molecule has 9 amide bonds. The molecule has 20 N–H and O–H groups in total. The molecule has 0 aliphatic heterocycles. The summed E-state index contributed by atoms with van der Waals surface area (Å²) in [5.74, 6) is -14.8. The van der Waals surface area contributed by atoms with E-state index in [1.807, 2.05) is 0 Å². The zero-order valence-corrected chi connectivity index (χ0v) is 40.4. The topological polar surface area (TPSA) is 490 Å². The van der Waals surface area contributed by atoms with Gasteiger partial charge in [0.1, 0.15) is 42.3 Å². The third-order valence-electron chi connectivity index (χ3n) is 9.98. The Balaban J connectivity index is 6.76. The Bertz CT molecular complexity index is 1880. The molecule has 0 spiro atoms. The predicted octanol–water partition coefficient (Wildman–Crippen LogP) is -4.33. The zero-order valence-electron chi connectivity index (χ0n) is 40.4. The summed E-state index contributed by atoms with van der Waals surface area (Å²) in [6, 6.07) is -12.5. The van der Waals surface area contributed by atoms with Crippen molar-refractivity contribution in [3.63, 3.8) is 0 Å². The summed E-state index contributed by atoms with van der Waals surface area (Å²) in [5.41, 5.74) is 22.0. The van der Waals surface area contributed by atoms with E-state index in [-0.39, 0.29) is 56.4 Å². The molecule has 0 heterocycles. The van der Waals surface area contributed by atoms with Crippen molar-refractivity contribution in [1.82, 2.24) is 42.5 Å². The van der Waals surface area contributed by atoms with E-state index in [9.17, 15) is 67.7 Å². The lowest BCUT2D eigenvalue weighted by molar-refractivity contribution is -0.143. The van der Waals surface area contributed by atoms with Crippen LogP contribution in [-0.4, -0.2) is 147 Å².